The molecule has 130 valence electrons. The zero-order valence-corrected chi connectivity index (χ0v) is 14.0. The van der Waals surface area contributed by atoms with Crippen LogP contribution in [0.25, 0.3) is 0 Å². The number of halogens is 1. The number of nitro benzene ring substituents is 1. The van der Waals surface area contributed by atoms with E-state index in [2.05, 4.69) is 4.90 Å². The Balaban J connectivity index is 1.78. The minimum Gasteiger partial charge on any atom is -0.478 e. The summed E-state index contributed by atoms with van der Waals surface area (Å²) >= 11 is 6.03. The highest BCUT2D eigenvalue weighted by Crippen LogP contribution is 2.28. The molecule has 0 bridgehead atoms. The number of carboxylic acids is 1. The Bertz CT molecular complexity index is 819. The molecule has 0 saturated carbocycles. The van der Waals surface area contributed by atoms with Gasteiger partial charge in [-0.05, 0) is 24.3 Å². The Kier molecular flexibility index (Phi) is 4.76. The number of carbonyl (C=O) groups is 1. The third-order valence-electron chi connectivity index (χ3n) is 4.22. The fourth-order valence-electron chi connectivity index (χ4n) is 2.96. The van der Waals surface area contributed by atoms with Crippen LogP contribution in [0.4, 0.5) is 17.1 Å². The van der Waals surface area contributed by atoms with Gasteiger partial charge in [0.15, 0.2) is 0 Å². The second kappa shape index (κ2) is 6.98. The van der Waals surface area contributed by atoms with E-state index in [1.165, 1.54) is 12.1 Å². The smallest absolute Gasteiger partial charge is 0.338 e. The summed E-state index contributed by atoms with van der Waals surface area (Å²) in [6, 6.07) is 11.5. The monoisotopic (exact) mass is 361 g/mol. The maximum absolute atomic E-state index is 11.5. The van der Waals surface area contributed by atoms with Crippen LogP contribution in [-0.2, 0) is 0 Å². The number of nitrogens with zero attached hydrogens (tertiary/aromatic N) is 3. The molecule has 7 nitrogen and oxygen atoms in total. The van der Waals surface area contributed by atoms with Gasteiger partial charge >= 0.3 is 5.97 Å². The predicted molar refractivity (Wildman–Crippen MR) is 95.9 cm³/mol. The highest BCUT2D eigenvalue weighted by molar-refractivity contribution is 6.30. The summed E-state index contributed by atoms with van der Waals surface area (Å²) in [6.07, 6.45) is 0. The number of anilines is 2. The van der Waals surface area contributed by atoms with Gasteiger partial charge < -0.3 is 14.9 Å². The molecule has 0 aromatic heterocycles. The maximum atomic E-state index is 11.5. The normalized spacial score (nSPS) is 14.4. The van der Waals surface area contributed by atoms with Crippen molar-refractivity contribution in [2.45, 2.75) is 0 Å². The molecule has 2 aromatic carbocycles. The van der Waals surface area contributed by atoms with Crippen molar-refractivity contribution in [2.24, 2.45) is 0 Å². The summed E-state index contributed by atoms with van der Waals surface area (Å²) in [5.74, 6) is -1.17. The van der Waals surface area contributed by atoms with Crippen molar-refractivity contribution in [3.05, 3.63) is 63.2 Å². The van der Waals surface area contributed by atoms with Crippen LogP contribution in [0.3, 0.4) is 0 Å². The van der Waals surface area contributed by atoms with Gasteiger partial charge in [-0.3, -0.25) is 10.1 Å². The van der Waals surface area contributed by atoms with E-state index in [9.17, 15) is 20.0 Å². The highest BCUT2D eigenvalue weighted by Gasteiger charge is 2.23. The second-order valence-corrected chi connectivity index (χ2v) is 6.15. The SMILES string of the molecule is O=C(O)c1cc([N+](=O)[O-])ccc1N1CCN(c2cccc(Cl)c2)CC1. The number of piperazine rings is 1. The molecule has 0 spiro atoms. The largest absolute Gasteiger partial charge is 0.478 e. The Morgan fingerprint density at radius 1 is 1.08 bits per heavy atom. The standard InChI is InChI=1S/C17H16ClN3O4/c18-12-2-1-3-13(10-12)19-6-8-20(9-7-19)16-5-4-14(21(24)25)11-15(16)17(22)23/h1-5,10-11H,6-9H2,(H,22,23). The van der Waals surface area contributed by atoms with E-state index in [0.29, 0.717) is 36.9 Å². The topological polar surface area (TPSA) is 86.9 Å². The number of aromatic carboxylic acids is 1. The lowest BCUT2D eigenvalue weighted by Gasteiger charge is -2.37. The van der Waals surface area contributed by atoms with Crippen LogP contribution in [0.2, 0.25) is 5.02 Å². The molecule has 0 amide bonds. The lowest BCUT2D eigenvalue weighted by Crippen LogP contribution is -2.47. The predicted octanol–water partition coefficient (Wildman–Crippen LogP) is 3.27. The van der Waals surface area contributed by atoms with Gasteiger partial charge in [-0.15, -0.1) is 0 Å². The van der Waals surface area contributed by atoms with Crippen molar-refractivity contribution < 1.29 is 14.8 Å². The van der Waals surface area contributed by atoms with Crippen LogP contribution < -0.4 is 9.80 Å². The fraction of sp³-hybridized carbons (Fsp3) is 0.235. The van der Waals surface area contributed by atoms with Gasteiger partial charge in [0.25, 0.3) is 5.69 Å². The molecule has 3 rings (SSSR count). The third-order valence-corrected chi connectivity index (χ3v) is 4.45. The first-order valence-corrected chi connectivity index (χ1v) is 8.10. The summed E-state index contributed by atoms with van der Waals surface area (Å²) in [5, 5.41) is 20.9. The molecule has 1 saturated heterocycles. The van der Waals surface area contributed by atoms with Gasteiger partial charge in [0.05, 0.1) is 16.2 Å². The fourth-order valence-corrected chi connectivity index (χ4v) is 3.15. The van der Waals surface area contributed by atoms with Crippen molar-refractivity contribution in [2.75, 3.05) is 36.0 Å². The number of non-ortho nitro benzene ring substituents is 1. The van der Waals surface area contributed by atoms with Crippen LogP contribution in [0.15, 0.2) is 42.5 Å². The molecule has 25 heavy (non-hydrogen) atoms. The van der Waals surface area contributed by atoms with E-state index < -0.39 is 10.9 Å². The molecule has 0 atom stereocenters. The molecule has 2 aromatic rings. The molecule has 1 aliphatic heterocycles. The van der Waals surface area contributed by atoms with Crippen molar-refractivity contribution >= 4 is 34.6 Å². The van der Waals surface area contributed by atoms with Gasteiger partial charge in [0.2, 0.25) is 0 Å². The van der Waals surface area contributed by atoms with Crippen LogP contribution in [-0.4, -0.2) is 42.2 Å². The first-order chi connectivity index (χ1) is 12.0. The first kappa shape index (κ1) is 17.0. The van der Waals surface area contributed by atoms with Crippen molar-refractivity contribution in [3.63, 3.8) is 0 Å². The van der Waals surface area contributed by atoms with Crippen LogP contribution in [0, 0.1) is 10.1 Å². The summed E-state index contributed by atoms with van der Waals surface area (Å²) in [4.78, 5) is 25.9. The van der Waals surface area contributed by atoms with E-state index in [0.717, 1.165) is 11.8 Å². The molecule has 1 aliphatic rings. The van der Waals surface area contributed by atoms with E-state index >= 15 is 0 Å². The van der Waals surface area contributed by atoms with E-state index in [1.807, 2.05) is 29.2 Å². The quantitative estimate of drug-likeness (QED) is 0.664. The Morgan fingerprint density at radius 3 is 2.36 bits per heavy atom. The molecule has 0 unspecified atom stereocenters. The number of nitro groups is 1. The minimum absolute atomic E-state index is 0.0506. The zero-order valence-electron chi connectivity index (χ0n) is 13.3. The number of benzene rings is 2. The molecule has 0 aliphatic carbocycles. The summed E-state index contributed by atoms with van der Waals surface area (Å²) in [5.41, 5.74) is 1.25. The van der Waals surface area contributed by atoms with E-state index in [4.69, 9.17) is 11.6 Å². The minimum atomic E-state index is -1.17. The van der Waals surface area contributed by atoms with Crippen LogP contribution in [0.1, 0.15) is 10.4 Å². The van der Waals surface area contributed by atoms with Crippen molar-refractivity contribution in [1.82, 2.24) is 0 Å². The molecule has 0 radical (unpaired) electrons. The zero-order chi connectivity index (χ0) is 18.0. The molecule has 8 heteroatoms. The van der Waals surface area contributed by atoms with Crippen molar-refractivity contribution in [3.8, 4) is 0 Å². The number of rotatable bonds is 4. The van der Waals surface area contributed by atoms with Gasteiger partial charge in [-0.1, -0.05) is 17.7 Å². The van der Waals surface area contributed by atoms with Crippen molar-refractivity contribution in [1.29, 1.82) is 0 Å². The van der Waals surface area contributed by atoms with Gasteiger partial charge in [0, 0.05) is 49.0 Å². The van der Waals surface area contributed by atoms with E-state index in [-0.39, 0.29) is 11.3 Å². The Hall–Kier alpha value is -2.80. The third kappa shape index (κ3) is 3.66. The number of hydrogen-bond donors (Lipinski definition) is 1. The summed E-state index contributed by atoms with van der Waals surface area (Å²) < 4.78 is 0. The lowest BCUT2D eigenvalue weighted by atomic mass is 10.1. The van der Waals surface area contributed by atoms with E-state index in [1.54, 1.807) is 0 Å². The first-order valence-electron chi connectivity index (χ1n) is 7.73. The maximum Gasteiger partial charge on any atom is 0.338 e. The molecule has 1 fully saturated rings. The number of hydrogen-bond acceptors (Lipinski definition) is 5. The number of carboxylic acid groups (broad SMARTS) is 1. The summed E-state index contributed by atoms with van der Waals surface area (Å²) in [6.45, 7) is 2.64. The van der Waals surface area contributed by atoms with Gasteiger partial charge in [-0.2, -0.15) is 0 Å². The molecular formula is C17H16ClN3O4. The lowest BCUT2D eigenvalue weighted by molar-refractivity contribution is -0.384. The average molecular weight is 362 g/mol. The average Bonchev–Trinajstić information content (AvgIpc) is 2.61. The Morgan fingerprint density at radius 2 is 1.76 bits per heavy atom. The van der Waals surface area contributed by atoms with Crippen LogP contribution >= 0.6 is 11.6 Å². The Labute approximate surface area is 149 Å². The molecular weight excluding hydrogens is 346 g/mol. The van der Waals surface area contributed by atoms with Crippen LogP contribution in [0.5, 0.6) is 0 Å². The van der Waals surface area contributed by atoms with Gasteiger partial charge in [0.1, 0.15) is 0 Å². The highest BCUT2D eigenvalue weighted by atomic mass is 35.5. The van der Waals surface area contributed by atoms with Gasteiger partial charge in [-0.25, -0.2) is 4.79 Å². The molecule has 1 N–H and O–H groups in total. The summed E-state index contributed by atoms with van der Waals surface area (Å²) in [7, 11) is 0. The second-order valence-electron chi connectivity index (χ2n) is 5.72. The molecule has 1 heterocycles.